The normalized spacial score (nSPS) is 13.8. The standard InChI is InChI=1S/C15H28O3/c1-6-8-14(16)18-12-10-13(2)9-7-11-15(3,4)17-5/h7,11,13H,6,8-10,12H2,1-5H3/b11-7+/t13-/m0/s1. The van der Waals surface area contributed by atoms with Crippen LogP contribution in [-0.4, -0.2) is 25.3 Å². The Morgan fingerprint density at radius 2 is 2.06 bits per heavy atom. The number of hydrogen-bond acceptors (Lipinski definition) is 3. The van der Waals surface area contributed by atoms with E-state index in [2.05, 4.69) is 19.1 Å². The average Bonchev–Trinajstić information content (AvgIpc) is 2.29. The van der Waals surface area contributed by atoms with Gasteiger partial charge in [-0.1, -0.05) is 26.0 Å². The molecule has 0 aromatic heterocycles. The minimum absolute atomic E-state index is 0.0826. The van der Waals surface area contributed by atoms with Gasteiger partial charge in [-0.3, -0.25) is 4.79 Å². The lowest BCUT2D eigenvalue weighted by molar-refractivity contribution is -0.144. The van der Waals surface area contributed by atoms with Gasteiger partial charge in [-0.25, -0.2) is 0 Å². The van der Waals surface area contributed by atoms with Crippen molar-refractivity contribution >= 4 is 5.97 Å². The van der Waals surface area contributed by atoms with Crippen LogP contribution in [0.15, 0.2) is 12.2 Å². The molecule has 3 heteroatoms. The van der Waals surface area contributed by atoms with Crippen molar-refractivity contribution in [2.45, 2.75) is 59.0 Å². The zero-order valence-corrected chi connectivity index (χ0v) is 12.5. The molecule has 106 valence electrons. The fourth-order valence-electron chi connectivity index (χ4n) is 1.42. The van der Waals surface area contributed by atoms with Gasteiger partial charge in [0.1, 0.15) is 0 Å². The average molecular weight is 256 g/mol. The van der Waals surface area contributed by atoms with Gasteiger partial charge in [0.25, 0.3) is 0 Å². The van der Waals surface area contributed by atoms with Crippen LogP contribution in [0.25, 0.3) is 0 Å². The fraction of sp³-hybridized carbons (Fsp3) is 0.800. The van der Waals surface area contributed by atoms with E-state index in [-0.39, 0.29) is 11.6 Å². The summed E-state index contributed by atoms with van der Waals surface area (Å²) >= 11 is 0. The van der Waals surface area contributed by atoms with Crippen LogP contribution in [0.4, 0.5) is 0 Å². The van der Waals surface area contributed by atoms with Crippen LogP contribution in [-0.2, 0) is 14.3 Å². The number of methoxy groups -OCH3 is 1. The number of esters is 1. The lowest BCUT2D eigenvalue weighted by Crippen LogP contribution is -2.18. The van der Waals surface area contributed by atoms with E-state index in [0.717, 1.165) is 19.3 Å². The Kier molecular flexibility index (Phi) is 8.73. The maximum Gasteiger partial charge on any atom is 0.305 e. The number of allylic oxidation sites excluding steroid dienone is 1. The van der Waals surface area contributed by atoms with Crippen LogP contribution >= 0.6 is 0 Å². The maximum absolute atomic E-state index is 11.2. The van der Waals surface area contributed by atoms with Crippen molar-refractivity contribution in [2.75, 3.05) is 13.7 Å². The first kappa shape index (κ1) is 17.2. The van der Waals surface area contributed by atoms with Gasteiger partial charge in [-0.15, -0.1) is 0 Å². The summed E-state index contributed by atoms with van der Waals surface area (Å²) in [6.07, 6.45) is 7.49. The first-order valence-corrected chi connectivity index (χ1v) is 6.79. The lowest BCUT2D eigenvalue weighted by Gasteiger charge is -2.18. The van der Waals surface area contributed by atoms with Gasteiger partial charge in [0, 0.05) is 13.5 Å². The fourth-order valence-corrected chi connectivity index (χ4v) is 1.42. The molecule has 0 rings (SSSR count). The highest BCUT2D eigenvalue weighted by Gasteiger charge is 2.10. The summed E-state index contributed by atoms with van der Waals surface area (Å²) < 4.78 is 10.4. The summed E-state index contributed by atoms with van der Waals surface area (Å²) in [6.45, 7) is 8.73. The Bertz CT molecular complexity index is 256. The minimum atomic E-state index is -0.201. The van der Waals surface area contributed by atoms with Gasteiger partial charge < -0.3 is 9.47 Å². The molecule has 0 unspecified atom stereocenters. The van der Waals surface area contributed by atoms with Crippen LogP contribution in [0.2, 0.25) is 0 Å². The molecule has 0 heterocycles. The highest BCUT2D eigenvalue weighted by Crippen LogP contribution is 2.13. The minimum Gasteiger partial charge on any atom is -0.466 e. The van der Waals surface area contributed by atoms with Crippen LogP contribution < -0.4 is 0 Å². The third-order valence-electron chi connectivity index (χ3n) is 2.91. The molecule has 0 saturated carbocycles. The molecule has 0 N–H and O–H groups in total. The zero-order chi connectivity index (χ0) is 14.0. The number of carbonyl (C=O) groups excluding carboxylic acids is 1. The van der Waals surface area contributed by atoms with Gasteiger partial charge in [-0.2, -0.15) is 0 Å². The molecule has 0 aliphatic carbocycles. The Morgan fingerprint density at radius 1 is 1.39 bits per heavy atom. The van der Waals surface area contributed by atoms with E-state index in [1.54, 1.807) is 7.11 Å². The Hall–Kier alpha value is -0.830. The Morgan fingerprint density at radius 3 is 2.61 bits per heavy atom. The van der Waals surface area contributed by atoms with E-state index < -0.39 is 0 Å². The monoisotopic (exact) mass is 256 g/mol. The van der Waals surface area contributed by atoms with E-state index in [1.807, 2.05) is 20.8 Å². The summed E-state index contributed by atoms with van der Waals surface area (Å²) in [5, 5.41) is 0. The molecule has 1 atom stereocenters. The summed E-state index contributed by atoms with van der Waals surface area (Å²) in [5.41, 5.74) is -0.201. The van der Waals surface area contributed by atoms with Crippen LogP contribution in [0.1, 0.15) is 53.4 Å². The molecule has 0 aliphatic heterocycles. The van der Waals surface area contributed by atoms with Gasteiger partial charge in [0.2, 0.25) is 0 Å². The molecular formula is C15H28O3. The van der Waals surface area contributed by atoms with Crippen LogP contribution in [0.5, 0.6) is 0 Å². The predicted octanol–water partition coefficient (Wildman–Crippen LogP) is 3.73. The molecule has 0 saturated heterocycles. The maximum atomic E-state index is 11.2. The SMILES string of the molecule is CCCC(=O)OCC[C@@H](C)C/C=C/C(C)(C)OC. The van der Waals surface area contributed by atoms with Crippen LogP contribution in [0, 0.1) is 5.92 Å². The van der Waals surface area contributed by atoms with Gasteiger partial charge in [-0.05, 0) is 39.0 Å². The zero-order valence-electron chi connectivity index (χ0n) is 12.5. The Balaban J connectivity index is 3.72. The lowest BCUT2D eigenvalue weighted by atomic mass is 10.0. The molecule has 0 aliphatic rings. The second kappa shape index (κ2) is 9.15. The molecule has 18 heavy (non-hydrogen) atoms. The largest absolute Gasteiger partial charge is 0.466 e. The van der Waals surface area contributed by atoms with Crippen LogP contribution in [0.3, 0.4) is 0 Å². The number of ether oxygens (including phenoxy) is 2. The summed E-state index contributed by atoms with van der Waals surface area (Å²) in [5.74, 6) is 0.434. The molecule has 0 radical (unpaired) electrons. The molecule has 0 spiro atoms. The van der Waals surface area contributed by atoms with E-state index in [4.69, 9.17) is 9.47 Å². The molecule has 0 bridgehead atoms. The number of hydrogen-bond donors (Lipinski definition) is 0. The van der Waals surface area contributed by atoms with Gasteiger partial charge in [0.15, 0.2) is 0 Å². The Labute approximate surface area is 112 Å². The first-order valence-electron chi connectivity index (χ1n) is 6.79. The van der Waals surface area contributed by atoms with E-state index in [1.165, 1.54) is 0 Å². The number of carbonyl (C=O) groups is 1. The quantitative estimate of drug-likeness (QED) is 0.466. The number of rotatable bonds is 9. The van der Waals surface area contributed by atoms with Crippen molar-refractivity contribution in [2.24, 2.45) is 5.92 Å². The summed E-state index contributed by atoms with van der Waals surface area (Å²) in [4.78, 5) is 11.2. The summed E-state index contributed by atoms with van der Waals surface area (Å²) in [6, 6.07) is 0. The molecule has 0 amide bonds. The van der Waals surface area contributed by atoms with Crippen molar-refractivity contribution in [1.82, 2.24) is 0 Å². The van der Waals surface area contributed by atoms with Gasteiger partial charge in [0.05, 0.1) is 12.2 Å². The van der Waals surface area contributed by atoms with Crippen molar-refractivity contribution in [3.05, 3.63) is 12.2 Å². The molecule has 0 fully saturated rings. The van der Waals surface area contributed by atoms with Crippen molar-refractivity contribution in [3.8, 4) is 0 Å². The highest BCUT2D eigenvalue weighted by molar-refractivity contribution is 5.69. The molecule has 0 aromatic rings. The van der Waals surface area contributed by atoms with Crippen molar-refractivity contribution in [1.29, 1.82) is 0 Å². The first-order chi connectivity index (χ1) is 8.41. The summed E-state index contributed by atoms with van der Waals surface area (Å²) in [7, 11) is 1.71. The second-order valence-corrected chi connectivity index (χ2v) is 5.31. The van der Waals surface area contributed by atoms with Gasteiger partial charge >= 0.3 is 5.97 Å². The second-order valence-electron chi connectivity index (χ2n) is 5.31. The molecule has 0 aromatic carbocycles. The smallest absolute Gasteiger partial charge is 0.305 e. The topological polar surface area (TPSA) is 35.5 Å². The molecular weight excluding hydrogens is 228 g/mol. The van der Waals surface area contributed by atoms with E-state index in [9.17, 15) is 4.79 Å². The van der Waals surface area contributed by atoms with Crippen molar-refractivity contribution < 1.29 is 14.3 Å². The predicted molar refractivity (Wildman–Crippen MR) is 74.5 cm³/mol. The van der Waals surface area contributed by atoms with E-state index >= 15 is 0 Å². The highest BCUT2D eigenvalue weighted by atomic mass is 16.5. The van der Waals surface area contributed by atoms with Crippen molar-refractivity contribution in [3.63, 3.8) is 0 Å². The van der Waals surface area contributed by atoms with E-state index in [0.29, 0.717) is 18.9 Å². The molecule has 3 nitrogen and oxygen atoms in total. The third-order valence-corrected chi connectivity index (χ3v) is 2.91. The third kappa shape index (κ3) is 9.23.